The van der Waals surface area contributed by atoms with Crippen LogP contribution < -0.4 is 9.80 Å². The van der Waals surface area contributed by atoms with Crippen LogP contribution in [0.15, 0.2) is 133 Å². The Bertz CT molecular complexity index is 2300. The first-order chi connectivity index (χ1) is 27.8. The fraction of sp³-hybridized carbons (Fsp3) is 0.321. The summed E-state index contributed by atoms with van der Waals surface area (Å²) >= 11 is 0. The average molecular weight is 765 g/mol. The van der Waals surface area contributed by atoms with Gasteiger partial charge in [-0.05, 0) is 133 Å². The van der Waals surface area contributed by atoms with Gasteiger partial charge in [-0.15, -0.1) is 0 Å². The van der Waals surface area contributed by atoms with E-state index < -0.39 is 0 Å². The number of aryl methyl sites for hydroxylation is 4. The SMILES string of the molecule is CCCCc1ccc2c(N(c3ccc(C)cc3)c3ccc(C(C)(C)C)cc3)c3cc(CCCC)ccc3c(N(c3ccc(C)cc3)c3ccc(C(C)(C)C)cc3)c2c1. The molecule has 7 aromatic rings. The fourth-order valence-electron chi connectivity index (χ4n) is 8.26. The molecule has 7 rings (SSSR count). The van der Waals surface area contributed by atoms with Crippen molar-refractivity contribution in [2.24, 2.45) is 0 Å². The molecule has 0 radical (unpaired) electrons. The predicted octanol–water partition coefficient (Wildman–Crippen LogP) is 16.8. The molecule has 0 N–H and O–H groups in total. The Labute approximate surface area is 349 Å². The summed E-state index contributed by atoms with van der Waals surface area (Å²) < 4.78 is 0. The second-order valence-electron chi connectivity index (χ2n) is 18.6. The highest BCUT2D eigenvalue weighted by Gasteiger charge is 2.27. The zero-order valence-electron chi connectivity index (χ0n) is 36.8. The maximum absolute atomic E-state index is 2.53. The van der Waals surface area contributed by atoms with E-state index in [1.807, 2.05) is 0 Å². The Morgan fingerprint density at radius 3 is 0.983 bits per heavy atom. The van der Waals surface area contributed by atoms with Gasteiger partial charge >= 0.3 is 0 Å². The summed E-state index contributed by atoms with van der Waals surface area (Å²) in [5.74, 6) is 0. The second-order valence-corrected chi connectivity index (χ2v) is 18.6. The van der Waals surface area contributed by atoms with E-state index in [0.717, 1.165) is 61.3 Å². The molecule has 2 heteroatoms. The van der Waals surface area contributed by atoms with Gasteiger partial charge in [-0.2, -0.15) is 0 Å². The Kier molecular flexibility index (Phi) is 11.9. The van der Waals surface area contributed by atoms with Crippen LogP contribution in [0.1, 0.15) is 114 Å². The van der Waals surface area contributed by atoms with Gasteiger partial charge in [0.05, 0.1) is 11.4 Å². The molecule has 0 aliphatic carbocycles. The third-order valence-electron chi connectivity index (χ3n) is 11.8. The van der Waals surface area contributed by atoms with Gasteiger partial charge in [-0.25, -0.2) is 0 Å². The summed E-state index contributed by atoms with van der Waals surface area (Å²) in [6.07, 6.45) is 6.75. The lowest BCUT2D eigenvalue weighted by Crippen LogP contribution is -2.16. The monoisotopic (exact) mass is 765 g/mol. The number of anilines is 6. The van der Waals surface area contributed by atoms with E-state index in [2.05, 4.69) is 212 Å². The van der Waals surface area contributed by atoms with Gasteiger partial charge in [0.1, 0.15) is 0 Å². The molecule has 0 aliphatic rings. The van der Waals surface area contributed by atoms with Crippen molar-refractivity contribution in [3.8, 4) is 0 Å². The third-order valence-corrected chi connectivity index (χ3v) is 11.8. The lowest BCUT2D eigenvalue weighted by Gasteiger charge is -2.34. The topological polar surface area (TPSA) is 6.48 Å². The molecular weight excluding hydrogens is 701 g/mol. The smallest absolute Gasteiger partial charge is 0.0620 e. The van der Waals surface area contributed by atoms with Gasteiger partial charge in [0, 0.05) is 44.3 Å². The lowest BCUT2D eigenvalue weighted by molar-refractivity contribution is 0.590. The van der Waals surface area contributed by atoms with Crippen LogP contribution in [0, 0.1) is 13.8 Å². The molecule has 0 heterocycles. The van der Waals surface area contributed by atoms with Crippen LogP contribution in [0.3, 0.4) is 0 Å². The summed E-state index contributed by atoms with van der Waals surface area (Å²) in [7, 11) is 0. The highest BCUT2D eigenvalue weighted by atomic mass is 15.2. The minimum atomic E-state index is 0.0574. The van der Waals surface area contributed by atoms with Gasteiger partial charge in [0.15, 0.2) is 0 Å². The van der Waals surface area contributed by atoms with E-state index in [9.17, 15) is 0 Å². The Morgan fingerprint density at radius 1 is 0.379 bits per heavy atom. The zero-order chi connectivity index (χ0) is 41.2. The average Bonchev–Trinajstić information content (AvgIpc) is 3.21. The van der Waals surface area contributed by atoms with Gasteiger partial charge in [-0.3, -0.25) is 0 Å². The van der Waals surface area contributed by atoms with Crippen LogP contribution in [0.25, 0.3) is 21.5 Å². The number of benzene rings is 7. The lowest BCUT2D eigenvalue weighted by atomic mass is 9.86. The van der Waals surface area contributed by atoms with Crippen molar-refractivity contribution in [1.29, 1.82) is 0 Å². The Balaban J connectivity index is 1.63. The minimum Gasteiger partial charge on any atom is -0.309 e. The quantitative estimate of drug-likeness (QED) is 0.0903. The number of unbranched alkanes of at least 4 members (excludes halogenated alkanes) is 2. The molecule has 0 aromatic heterocycles. The van der Waals surface area contributed by atoms with Crippen LogP contribution in [-0.2, 0) is 23.7 Å². The van der Waals surface area contributed by atoms with Crippen LogP contribution in [0.2, 0.25) is 0 Å². The number of nitrogens with zero attached hydrogens (tertiary/aromatic N) is 2. The fourth-order valence-corrected chi connectivity index (χ4v) is 8.26. The maximum atomic E-state index is 2.53. The molecule has 0 unspecified atom stereocenters. The first kappa shape index (κ1) is 40.8. The molecule has 0 spiro atoms. The number of hydrogen-bond donors (Lipinski definition) is 0. The summed E-state index contributed by atoms with van der Waals surface area (Å²) in [4.78, 5) is 5.06. The summed E-state index contributed by atoms with van der Waals surface area (Å²) in [5, 5.41) is 5.03. The third kappa shape index (κ3) is 8.58. The summed E-state index contributed by atoms with van der Waals surface area (Å²) in [5.41, 5.74) is 15.1. The molecule has 0 saturated carbocycles. The number of rotatable bonds is 12. The van der Waals surface area contributed by atoms with Gasteiger partial charge in [-0.1, -0.05) is 152 Å². The minimum absolute atomic E-state index is 0.0574. The largest absolute Gasteiger partial charge is 0.309 e. The molecule has 7 aromatic carbocycles. The van der Waals surface area contributed by atoms with Gasteiger partial charge in [0.25, 0.3) is 0 Å². The zero-order valence-corrected chi connectivity index (χ0v) is 36.8. The summed E-state index contributed by atoms with van der Waals surface area (Å²) in [6.45, 7) is 22.7. The Hall–Kier alpha value is -5.34. The van der Waals surface area contributed by atoms with Crippen LogP contribution in [0.5, 0.6) is 0 Å². The standard InChI is InChI=1S/C56H64N2/c1-11-13-15-41-21-35-49-51(37-41)53(57(45-27-17-39(3)18-28-45)47-31-23-43(24-32-47)55(5,6)7)50-36-22-42(16-14-12-2)38-52(50)54(49)58(46-29-19-40(4)20-30-46)48-33-25-44(26-34-48)56(8,9)10/h17-38H,11-16H2,1-10H3. The highest BCUT2D eigenvalue weighted by molar-refractivity contribution is 6.23. The van der Waals surface area contributed by atoms with Crippen molar-refractivity contribution in [1.82, 2.24) is 0 Å². The Morgan fingerprint density at radius 2 is 0.690 bits per heavy atom. The first-order valence-electron chi connectivity index (χ1n) is 21.7. The van der Waals surface area contributed by atoms with Crippen molar-refractivity contribution in [3.63, 3.8) is 0 Å². The van der Waals surface area contributed by atoms with E-state index >= 15 is 0 Å². The molecule has 0 amide bonds. The molecular formula is C56H64N2. The van der Waals surface area contributed by atoms with E-state index in [-0.39, 0.29) is 10.8 Å². The molecule has 0 bridgehead atoms. The highest BCUT2D eigenvalue weighted by Crippen LogP contribution is 2.52. The van der Waals surface area contributed by atoms with E-state index in [4.69, 9.17) is 0 Å². The van der Waals surface area contributed by atoms with Crippen molar-refractivity contribution in [2.75, 3.05) is 9.80 Å². The van der Waals surface area contributed by atoms with Crippen LogP contribution in [0.4, 0.5) is 34.1 Å². The number of hydrogen-bond acceptors (Lipinski definition) is 2. The van der Waals surface area contributed by atoms with Crippen molar-refractivity contribution < 1.29 is 0 Å². The molecule has 2 nitrogen and oxygen atoms in total. The van der Waals surface area contributed by atoms with E-state index in [1.54, 1.807) is 0 Å². The van der Waals surface area contributed by atoms with Gasteiger partial charge in [0.2, 0.25) is 0 Å². The van der Waals surface area contributed by atoms with Crippen LogP contribution in [-0.4, -0.2) is 0 Å². The first-order valence-corrected chi connectivity index (χ1v) is 21.7. The summed E-state index contributed by atoms with van der Waals surface area (Å²) in [6, 6.07) is 51.5. The maximum Gasteiger partial charge on any atom is 0.0620 e. The molecule has 0 saturated heterocycles. The van der Waals surface area contributed by atoms with Crippen LogP contribution >= 0.6 is 0 Å². The van der Waals surface area contributed by atoms with E-state index in [0.29, 0.717) is 0 Å². The molecule has 0 fully saturated rings. The molecule has 0 atom stereocenters. The van der Waals surface area contributed by atoms with E-state index in [1.165, 1.54) is 66.3 Å². The number of fused-ring (bicyclic) bond motifs is 2. The molecule has 58 heavy (non-hydrogen) atoms. The molecule has 298 valence electrons. The van der Waals surface area contributed by atoms with Crippen molar-refractivity contribution >= 4 is 55.7 Å². The molecule has 0 aliphatic heterocycles. The second kappa shape index (κ2) is 16.9. The van der Waals surface area contributed by atoms with Crippen molar-refractivity contribution in [3.05, 3.63) is 167 Å². The normalized spacial score (nSPS) is 12.0. The predicted molar refractivity (Wildman–Crippen MR) is 255 cm³/mol. The van der Waals surface area contributed by atoms with Crippen molar-refractivity contribution in [2.45, 2.75) is 119 Å². The van der Waals surface area contributed by atoms with Gasteiger partial charge < -0.3 is 9.80 Å².